The Morgan fingerprint density at radius 2 is 1.78 bits per heavy atom. The van der Waals surface area contributed by atoms with Gasteiger partial charge < -0.3 is 9.47 Å². The molecule has 0 aliphatic heterocycles. The predicted octanol–water partition coefficient (Wildman–Crippen LogP) is 4.30. The van der Waals surface area contributed by atoms with Crippen LogP contribution in [0.5, 0.6) is 0 Å². The molecule has 2 rings (SSSR count). The van der Waals surface area contributed by atoms with Gasteiger partial charge in [-0.2, -0.15) is 0 Å². The van der Waals surface area contributed by atoms with E-state index < -0.39 is 17.7 Å². The second-order valence-corrected chi connectivity index (χ2v) is 8.67. The van der Waals surface area contributed by atoms with Gasteiger partial charge in [-0.25, -0.2) is 4.79 Å². The number of fused-ring (bicyclic) bond motifs is 1. The van der Waals surface area contributed by atoms with Gasteiger partial charge >= 0.3 is 11.9 Å². The molecule has 0 N–H and O–H groups in total. The minimum Gasteiger partial charge on any atom is -0.455 e. The van der Waals surface area contributed by atoms with E-state index in [0.717, 1.165) is 17.6 Å². The maximum atomic E-state index is 12.7. The van der Waals surface area contributed by atoms with E-state index in [1.54, 1.807) is 19.9 Å². The minimum absolute atomic E-state index is 0.0889. The van der Waals surface area contributed by atoms with Crippen molar-refractivity contribution < 1.29 is 23.9 Å². The second kappa shape index (κ2) is 7.61. The van der Waals surface area contributed by atoms with Crippen LogP contribution >= 0.6 is 0 Å². The molecule has 0 saturated heterocycles. The van der Waals surface area contributed by atoms with Crippen molar-refractivity contribution in [2.45, 2.75) is 85.9 Å². The Kier molecular flexibility index (Phi) is 6.03. The SMILES string of the molecule is CC=C(C)C(=O)O[C@@H]1CC[C@]2(C)CC(=O)C(=C(C)C)C[C@H]2[C@]1(C)OC(C)=O. The highest BCUT2D eigenvalue weighted by atomic mass is 16.6. The largest absolute Gasteiger partial charge is 0.455 e. The third-order valence-corrected chi connectivity index (χ3v) is 6.43. The number of hydrogen-bond acceptors (Lipinski definition) is 5. The lowest BCUT2D eigenvalue weighted by molar-refractivity contribution is -0.216. The van der Waals surface area contributed by atoms with Gasteiger partial charge in [-0.15, -0.1) is 0 Å². The average molecular weight is 376 g/mol. The molecule has 0 spiro atoms. The zero-order valence-electron chi connectivity index (χ0n) is 17.6. The van der Waals surface area contributed by atoms with E-state index in [-0.39, 0.29) is 23.1 Å². The number of allylic oxidation sites excluding steroid dienone is 3. The van der Waals surface area contributed by atoms with Gasteiger partial charge in [-0.05, 0) is 64.9 Å². The van der Waals surface area contributed by atoms with Crippen molar-refractivity contribution in [3.63, 3.8) is 0 Å². The summed E-state index contributed by atoms with van der Waals surface area (Å²) in [6, 6.07) is 0. The van der Waals surface area contributed by atoms with Gasteiger partial charge in [0.15, 0.2) is 5.78 Å². The molecule has 0 heterocycles. The summed E-state index contributed by atoms with van der Waals surface area (Å²) in [4.78, 5) is 37.0. The zero-order chi connectivity index (χ0) is 20.6. The van der Waals surface area contributed by atoms with E-state index in [1.165, 1.54) is 6.92 Å². The van der Waals surface area contributed by atoms with Crippen LogP contribution in [0.4, 0.5) is 0 Å². The van der Waals surface area contributed by atoms with Crippen LogP contribution in [0, 0.1) is 11.3 Å². The van der Waals surface area contributed by atoms with Crippen LogP contribution in [0.2, 0.25) is 0 Å². The van der Waals surface area contributed by atoms with Crippen LogP contribution in [0.25, 0.3) is 0 Å². The van der Waals surface area contributed by atoms with Crippen molar-refractivity contribution in [2.24, 2.45) is 11.3 Å². The Hall–Kier alpha value is -1.91. The fourth-order valence-corrected chi connectivity index (χ4v) is 4.74. The van der Waals surface area contributed by atoms with Crippen molar-refractivity contribution >= 4 is 17.7 Å². The molecule has 0 aromatic carbocycles. The van der Waals surface area contributed by atoms with E-state index in [9.17, 15) is 14.4 Å². The first-order valence-electron chi connectivity index (χ1n) is 9.67. The normalized spacial score (nSPS) is 34.0. The van der Waals surface area contributed by atoms with Crippen molar-refractivity contribution in [1.29, 1.82) is 0 Å². The second-order valence-electron chi connectivity index (χ2n) is 8.67. The highest BCUT2D eigenvalue weighted by Gasteiger charge is 2.60. The number of Topliss-reactive ketones (excluding diaryl/α,β-unsaturated/α-hetero) is 1. The van der Waals surface area contributed by atoms with E-state index in [2.05, 4.69) is 6.92 Å². The van der Waals surface area contributed by atoms with Crippen LogP contribution in [-0.2, 0) is 23.9 Å². The zero-order valence-corrected chi connectivity index (χ0v) is 17.6. The molecule has 4 atom stereocenters. The molecule has 150 valence electrons. The van der Waals surface area contributed by atoms with Gasteiger partial charge in [-0.1, -0.05) is 18.6 Å². The summed E-state index contributed by atoms with van der Waals surface area (Å²) >= 11 is 0. The van der Waals surface area contributed by atoms with Crippen LogP contribution in [0.1, 0.15) is 74.1 Å². The number of carbonyl (C=O) groups is 3. The molecule has 5 nitrogen and oxygen atoms in total. The molecule has 0 aromatic rings. The number of rotatable bonds is 3. The van der Waals surface area contributed by atoms with Gasteiger partial charge in [0.25, 0.3) is 0 Å². The lowest BCUT2D eigenvalue weighted by Crippen LogP contribution is -2.61. The molecular formula is C22H32O5. The summed E-state index contributed by atoms with van der Waals surface area (Å²) in [5.41, 5.74) is 1.09. The van der Waals surface area contributed by atoms with Crippen LogP contribution in [0.3, 0.4) is 0 Å². The van der Waals surface area contributed by atoms with Crippen LogP contribution in [0.15, 0.2) is 22.8 Å². The summed E-state index contributed by atoms with van der Waals surface area (Å²) in [5, 5.41) is 0. The Balaban J connectivity index is 2.46. The quantitative estimate of drug-likeness (QED) is 0.542. The van der Waals surface area contributed by atoms with Gasteiger partial charge in [0, 0.05) is 24.8 Å². The molecule has 27 heavy (non-hydrogen) atoms. The fraction of sp³-hybridized carbons (Fsp3) is 0.682. The standard InChI is InChI=1S/C22H32O5/c1-8-14(4)20(25)26-19-9-10-21(6)12-17(24)16(13(2)3)11-18(21)22(19,7)27-15(5)23/h8,18-19H,9-12H2,1-7H3/t18-,19-,21-,22+/m1/s1. The molecule has 5 heteroatoms. The predicted molar refractivity (Wildman–Crippen MR) is 103 cm³/mol. The van der Waals surface area contributed by atoms with Crippen molar-refractivity contribution in [2.75, 3.05) is 0 Å². The average Bonchev–Trinajstić information content (AvgIpc) is 2.55. The molecule has 0 amide bonds. The summed E-state index contributed by atoms with van der Waals surface area (Å²) in [5.74, 6) is -0.701. The van der Waals surface area contributed by atoms with Crippen molar-refractivity contribution in [1.82, 2.24) is 0 Å². The molecule has 2 saturated carbocycles. The topological polar surface area (TPSA) is 69.7 Å². The lowest BCUT2D eigenvalue weighted by Gasteiger charge is -2.56. The van der Waals surface area contributed by atoms with Gasteiger partial charge in [-0.3, -0.25) is 9.59 Å². The number of hydrogen-bond donors (Lipinski definition) is 0. The lowest BCUT2D eigenvalue weighted by atomic mass is 9.53. The molecule has 0 bridgehead atoms. The Morgan fingerprint density at radius 3 is 2.30 bits per heavy atom. The summed E-state index contributed by atoms with van der Waals surface area (Å²) in [6.07, 6.45) is 3.47. The Labute approximate surface area is 162 Å². The highest BCUT2D eigenvalue weighted by Crippen LogP contribution is 2.56. The number of esters is 2. The van der Waals surface area contributed by atoms with E-state index in [4.69, 9.17) is 9.47 Å². The Morgan fingerprint density at radius 1 is 1.15 bits per heavy atom. The summed E-state index contributed by atoms with van der Waals surface area (Å²) in [6.45, 7) is 12.7. The third kappa shape index (κ3) is 4.02. The highest BCUT2D eigenvalue weighted by molar-refractivity contribution is 5.97. The van der Waals surface area contributed by atoms with E-state index in [1.807, 2.05) is 20.8 Å². The summed E-state index contributed by atoms with van der Waals surface area (Å²) < 4.78 is 11.6. The number of carbonyl (C=O) groups excluding carboxylic acids is 3. The number of ether oxygens (including phenoxy) is 2. The minimum atomic E-state index is -0.968. The van der Waals surface area contributed by atoms with Gasteiger partial charge in [0.1, 0.15) is 11.7 Å². The summed E-state index contributed by atoms with van der Waals surface area (Å²) in [7, 11) is 0. The monoisotopic (exact) mass is 376 g/mol. The molecule has 2 aliphatic rings. The third-order valence-electron chi connectivity index (χ3n) is 6.43. The molecule has 2 aliphatic carbocycles. The van der Waals surface area contributed by atoms with Crippen LogP contribution in [-0.4, -0.2) is 29.4 Å². The first-order chi connectivity index (χ1) is 12.4. The molecule has 0 unspecified atom stereocenters. The van der Waals surface area contributed by atoms with Gasteiger partial charge in [0.2, 0.25) is 0 Å². The molecule has 0 radical (unpaired) electrons. The molecule has 0 aromatic heterocycles. The van der Waals surface area contributed by atoms with Crippen molar-refractivity contribution in [3.8, 4) is 0 Å². The maximum Gasteiger partial charge on any atom is 0.333 e. The molecular weight excluding hydrogens is 344 g/mol. The van der Waals surface area contributed by atoms with Crippen molar-refractivity contribution in [3.05, 3.63) is 22.8 Å². The van der Waals surface area contributed by atoms with Gasteiger partial charge in [0.05, 0.1) is 0 Å². The van der Waals surface area contributed by atoms with E-state index >= 15 is 0 Å². The maximum absolute atomic E-state index is 12.7. The Bertz CT molecular complexity index is 712. The first kappa shape index (κ1) is 21.4. The molecule has 2 fully saturated rings. The fourth-order valence-electron chi connectivity index (χ4n) is 4.74. The first-order valence-corrected chi connectivity index (χ1v) is 9.67. The number of ketones is 1. The smallest absolute Gasteiger partial charge is 0.333 e. The van der Waals surface area contributed by atoms with E-state index in [0.29, 0.717) is 24.8 Å². The van der Waals surface area contributed by atoms with Crippen LogP contribution < -0.4 is 0 Å².